The molecule has 0 aliphatic heterocycles. The zero-order valence-electron chi connectivity index (χ0n) is 9.87. The van der Waals surface area contributed by atoms with E-state index in [4.69, 9.17) is 40.5 Å². The summed E-state index contributed by atoms with van der Waals surface area (Å²) in [6.07, 6.45) is 3.73. The van der Waals surface area contributed by atoms with Gasteiger partial charge in [-0.25, -0.2) is 0 Å². The SMILES string of the molecule is N[C@H](c1cc(Cl)cc(Cl)c1Cl)[C@@H](O)C1CCCC1. The summed E-state index contributed by atoms with van der Waals surface area (Å²) in [6.45, 7) is 0. The van der Waals surface area contributed by atoms with E-state index in [2.05, 4.69) is 0 Å². The van der Waals surface area contributed by atoms with E-state index in [1.807, 2.05) is 0 Å². The highest BCUT2D eigenvalue weighted by Crippen LogP contribution is 2.37. The summed E-state index contributed by atoms with van der Waals surface area (Å²) in [5.74, 6) is 0.244. The van der Waals surface area contributed by atoms with Crippen molar-refractivity contribution >= 4 is 34.8 Å². The molecule has 0 aromatic heterocycles. The quantitative estimate of drug-likeness (QED) is 0.822. The number of halogens is 3. The van der Waals surface area contributed by atoms with E-state index >= 15 is 0 Å². The highest BCUT2D eigenvalue weighted by Gasteiger charge is 2.30. The topological polar surface area (TPSA) is 46.2 Å². The molecule has 1 fully saturated rings. The summed E-state index contributed by atoms with van der Waals surface area (Å²) in [5.41, 5.74) is 6.72. The van der Waals surface area contributed by atoms with Gasteiger partial charge in [0.2, 0.25) is 0 Å². The van der Waals surface area contributed by atoms with Crippen LogP contribution in [0, 0.1) is 5.92 Å². The number of nitrogens with two attached hydrogens (primary N) is 1. The predicted octanol–water partition coefficient (Wildman–Crippen LogP) is 4.20. The van der Waals surface area contributed by atoms with Crippen LogP contribution in [0.15, 0.2) is 12.1 Å². The number of benzene rings is 1. The molecule has 0 radical (unpaired) electrons. The predicted molar refractivity (Wildman–Crippen MR) is 76.4 cm³/mol. The van der Waals surface area contributed by atoms with Gasteiger partial charge in [0.15, 0.2) is 0 Å². The van der Waals surface area contributed by atoms with E-state index in [1.54, 1.807) is 12.1 Å². The molecule has 1 aromatic rings. The molecule has 0 saturated heterocycles. The normalized spacial score (nSPS) is 20.1. The molecular weight excluding hydrogens is 293 g/mol. The van der Waals surface area contributed by atoms with E-state index in [9.17, 15) is 5.11 Å². The summed E-state index contributed by atoms with van der Waals surface area (Å²) in [6, 6.07) is 2.71. The number of aliphatic hydroxyl groups excluding tert-OH is 1. The fourth-order valence-corrected chi connectivity index (χ4v) is 3.34. The molecule has 0 bridgehead atoms. The second-order valence-electron chi connectivity index (χ2n) is 4.85. The molecule has 2 rings (SSSR count). The average Bonchev–Trinajstić information content (AvgIpc) is 2.85. The van der Waals surface area contributed by atoms with Crippen molar-refractivity contribution in [2.75, 3.05) is 0 Å². The first-order valence-electron chi connectivity index (χ1n) is 6.09. The maximum Gasteiger partial charge on any atom is 0.0761 e. The van der Waals surface area contributed by atoms with Crippen molar-refractivity contribution in [2.24, 2.45) is 11.7 Å². The van der Waals surface area contributed by atoms with Crippen molar-refractivity contribution in [3.63, 3.8) is 0 Å². The van der Waals surface area contributed by atoms with E-state index in [1.165, 1.54) is 0 Å². The third-order valence-corrected chi connectivity index (χ3v) is 4.67. The maximum absolute atomic E-state index is 10.3. The van der Waals surface area contributed by atoms with E-state index < -0.39 is 12.1 Å². The fraction of sp³-hybridized carbons (Fsp3) is 0.538. The largest absolute Gasteiger partial charge is 0.391 e. The number of hydrogen-bond donors (Lipinski definition) is 2. The van der Waals surface area contributed by atoms with E-state index in [-0.39, 0.29) is 5.92 Å². The van der Waals surface area contributed by atoms with Crippen LogP contribution in [0.2, 0.25) is 15.1 Å². The monoisotopic (exact) mass is 307 g/mol. The molecule has 0 heterocycles. The first-order valence-corrected chi connectivity index (χ1v) is 7.22. The Morgan fingerprint density at radius 3 is 2.39 bits per heavy atom. The highest BCUT2D eigenvalue weighted by molar-refractivity contribution is 6.43. The molecule has 5 heteroatoms. The summed E-state index contributed by atoms with van der Waals surface area (Å²) < 4.78 is 0. The van der Waals surface area contributed by atoms with Gasteiger partial charge in [-0.1, -0.05) is 47.6 Å². The van der Waals surface area contributed by atoms with Gasteiger partial charge in [0, 0.05) is 5.02 Å². The van der Waals surface area contributed by atoms with Gasteiger partial charge >= 0.3 is 0 Å². The molecule has 0 unspecified atom stereocenters. The highest BCUT2D eigenvalue weighted by atomic mass is 35.5. The van der Waals surface area contributed by atoms with Crippen molar-refractivity contribution in [1.29, 1.82) is 0 Å². The fourth-order valence-electron chi connectivity index (χ4n) is 2.59. The summed E-state index contributed by atoms with van der Waals surface area (Å²) in [4.78, 5) is 0. The van der Waals surface area contributed by atoms with E-state index in [0.29, 0.717) is 20.6 Å². The Kier molecular flexibility index (Phi) is 4.79. The molecule has 18 heavy (non-hydrogen) atoms. The van der Waals surface area contributed by atoms with Crippen LogP contribution in [0.5, 0.6) is 0 Å². The minimum Gasteiger partial charge on any atom is -0.391 e. The lowest BCUT2D eigenvalue weighted by molar-refractivity contribution is 0.0845. The van der Waals surface area contributed by atoms with Crippen molar-refractivity contribution in [3.05, 3.63) is 32.8 Å². The number of rotatable bonds is 3. The molecule has 3 N–H and O–H groups in total. The van der Waals surface area contributed by atoms with Gasteiger partial charge in [0.25, 0.3) is 0 Å². The van der Waals surface area contributed by atoms with Gasteiger partial charge in [-0.15, -0.1) is 0 Å². The number of aliphatic hydroxyl groups is 1. The van der Waals surface area contributed by atoms with Crippen LogP contribution in [0.4, 0.5) is 0 Å². The van der Waals surface area contributed by atoms with Crippen molar-refractivity contribution in [3.8, 4) is 0 Å². The van der Waals surface area contributed by atoms with Crippen LogP contribution in [0.3, 0.4) is 0 Å². The molecule has 1 aliphatic rings. The molecule has 0 amide bonds. The van der Waals surface area contributed by atoms with Gasteiger partial charge < -0.3 is 10.8 Å². The van der Waals surface area contributed by atoms with Crippen LogP contribution in [-0.2, 0) is 0 Å². The summed E-state index contributed by atoms with van der Waals surface area (Å²) in [7, 11) is 0. The molecule has 1 aliphatic carbocycles. The molecule has 2 nitrogen and oxygen atoms in total. The Labute approximate surface area is 122 Å². The van der Waals surface area contributed by atoms with Crippen LogP contribution < -0.4 is 5.73 Å². The molecule has 2 atom stereocenters. The first kappa shape index (κ1) is 14.4. The van der Waals surface area contributed by atoms with Gasteiger partial charge in [-0.05, 0) is 36.5 Å². The van der Waals surface area contributed by atoms with E-state index in [0.717, 1.165) is 25.7 Å². The maximum atomic E-state index is 10.3. The molecule has 1 saturated carbocycles. The second-order valence-corrected chi connectivity index (χ2v) is 6.07. The summed E-state index contributed by atoms with van der Waals surface area (Å²) >= 11 is 18.1. The molecular formula is C13H16Cl3NO. The Morgan fingerprint density at radius 2 is 1.78 bits per heavy atom. The average molecular weight is 309 g/mol. The zero-order chi connectivity index (χ0) is 13.3. The van der Waals surface area contributed by atoms with Crippen molar-refractivity contribution < 1.29 is 5.11 Å². The Bertz CT molecular complexity index is 432. The van der Waals surface area contributed by atoms with Crippen LogP contribution in [0.1, 0.15) is 37.3 Å². The molecule has 0 spiro atoms. The van der Waals surface area contributed by atoms with Gasteiger partial charge in [-0.3, -0.25) is 0 Å². The van der Waals surface area contributed by atoms with Crippen molar-refractivity contribution in [1.82, 2.24) is 0 Å². The third kappa shape index (κ3) is 2.94. The lowest BCUT2D eigenvalue weighted by Crippen LogP contribution is -2.32. The van der Waals surface area contributed by atoms with Gasteiger partial charge in [0.05, 0.1) is 22.2 Å². The van der Waals surface area contributed by atoms with Crippen LogP contribution in [0.25, 0.3) is 0 Å². The lowest BCUT2D eigenvalue weighted by Gasteiger charge is -2.25. The minimum absolute atomic E-state index is 0.244. The Hall–Kier alpha value is 0.01000. The van der Waals surface area contributed by atoms with Gasteiger partial charge in [-0.2, -0.15) is 0 Å². The Morgan fingerprint density at radius 1 is 1.17 bits per heavy atom. The smallest absolute Gasteiger partial charge is 0.0761 e. The van der Waals surface area contributed by atoms with Crippen LogP contribution >= 0.6 is 34.8 Å². The number of hydrogen-bond acceptors (Lipinski definition) is 2. The zero-order valence-corrected chi connectivity index (χ0v) is 12.1. The summed E-state index contributed by atoms with van der Waals surface area (Å²) in [5, 5.41) is 11.5. The standard InChI is InChI=1S/C13H16Cl3NO/c14-8-5-9(11(16)10(15)6-8)12(17)13(18)7-3-1-2-4-7/h5-7,12-13,18H,1-4,17H2/t12-,13+/m1/s1. The molecule has 1 aromatic carbocycles. The first-order chi connectivity index (χ1) is 8.50. The third-order valence-electron chi connectivity index (χ3n) is 3.63. The Balaban J connectivity index is 2.24. The van der Waals surface area contributed by atoms with Crippen LogP contribution in [-0.4, -0.2) is 11.2 Å². The lowest BCUT2D eigenvalue weighted by atomic mass is 9.91. The second kappa shape index (κ2) is 5.98. The molecule has 100 valence electrons. The van der Waals surface area contributed by atoms with Gasteiger partial charge in [0.1, 0.15) is 0 Å². The minimum atomic E-state index is -0.598. The van der Waals surface area contributed by atoms with Crippen molar-refractivity contribution in [2.45, 2.75) is 37.8 Å².